The highest BCUT2D eigenvalue weighted by atomic mass is 79.9. The highest BCUT2D eigenvalue weighted by Gasteiger charge is 2.36. The van der Waals surface area contributed by atoms with E-state index < -0.39 is 8.32 Å². The van der Waals surface area contributed by atoms with Gasteiger partial charge in [-0.2, -0.15) is 0 Å². The van der Waals surface area contributed by atoms with Crippen molar-refractivity contribution < 1.29 is 4.43 Å². The van der Waals surface area contributed by atoms with Gasteiger partial charge in [-0.05, 0) is 34.1 Å². The van der Waals surface area contributed by atoms with Gasteiger partial charge in [0, 0.05) is 6.54 Å². The molecule has 8 heteroatoms. The quantitative estimate of drug-likeness (QED) is 0.659. The number of nitrogens with two attached hydrogens (primary N) is 1. The van der Waals surface area contributed by atoms with E-state index in [0.717, 1.165) is 5.65 Å². The molecule has 21 heavy (non-hydrogen) atoms. The van der Waals surface area contributed by atoms with Crippen LogP contribution in [0.2, 0.25) is 18.1 Å². The third-order valence-electron chi connectivity index (χ3n) is 4.10. The van der Waals surface area contributed by atoms with Crippen molar-refractivity contribution in [1.82, 2.24) is 19.5 Å². The normalized spacial score (nSPS) is 13.0. The van der Waals surface area contributed by atoms with Crippen LogP contribution in [0.25, 0.3) is 11.2 Å². The summed E-state index contributed by atoms with van der Waals surface area (Å²) in [5, 5.41) is 0.202. The van der Waals surface area contributed by atoms with Crippen LogP contribution in [0.3, 0.4) is 0 Å². The highest BCUT2D eigenvalue weighted by Crippen LogP contribution is 2.36. The van der Waals surface area contributed by atoms with E-state index in [1.165, 1.54) is 6.33 Å². The first-order valence-electron chi connectivity index (χ1n) is 6.89. The Labute approximate surface area is 134 Å². The fourth-order valence-corrected chi connectivity index (χ4v) is 3.29. The molecule has 0 spiro atoms. The molecule has 0 saturated heterocycles. The number of imidazole rings is 1. The maximum absolute atomic E-state index is 6.20. The molecule has 2 rings (SSSR count). The number of halogens is 1. The third-order valence-corrected chi connectivity index (χ3v) is 9.24. The molecular weight excluding hydrogens is 350 g/mol. The van der Waals surface area contributed by atoms with Gasteiger partial charge >= 0.3 is 0 Å². The Balaban J connectivity index is 2.15. The molecule has 0 fully saturated rings. The van der Waals surface area contributed by atoms with Crippen LogP contribution in [-0.4, -0.2) is 34.4 Å². The van der Waals surface area contributed by atoms with Crippen molar-refractivity contribution in [2.75, 3.05) is 12.3 Å². The molecule has 116 valence electrons. The molecule has 2 aromatic heterocycles. The first kappa shape index (κ1) is 16.4. The molecule has 0 amide bonds. The van der Waals surface area contributed by atoms with Crippen LogP contribution in [-0.2, 0) is 11.0 Å². The monoisotopic (exact) mass is 371 g/mol. The van der Waals surface area contributed by atoms with Gasteiger partial charge in [0.15, 0.2) is 30.0 Å². The van der Waals surface area contributed by atoms with Gasteiger partial charge < -0.3 is 14.7 Å². The minimum Gasteiger partial charge on any atom is -0.415 e. The van der Waals surface area contributed by atoms with E-state index in [2.05, 4.69) is 64.7 Å². The van der Waals surface area contributed by atoms with Crippen molar-refractivity contribution in [1.29, 1.82) is 0 Å². The Morgan fingerprint density at radius 2 is 2.00 bits per heavy atom. The van der Waals surface area contributed by atoms with E-state index in [1.54, 1.807) is 0 Å². The number of hydrogen-bond donors (Lipinski definition) is 1. The molecule has 0 bridgehead atoms. The predicted octanol–water partition coefficient (Wildman–Crippen LogP) is 3.19. The summed E-state index contributed by atoms with van der Waals surface area (Å²) >= 11 is 3.45. The summed E-state index contributed by atoms with van der Waals surface area (Å²) in [6, 6.07) is 0. The van der Waals surface area contributed by atoms with E-state index in [4.69, 9.17) is 10.2 Å². The molecular formula is C13H22BrN5OSi. The zero-order valence-corrected chi connectivity index (χ0v) is 15.7. The average Bonchev–Trinajstić information content (AvgIpc) is 2.66. The molecule has 0 aliphatic carbocycles. The Kier molecular flexibility index (Phi) is 4.41. The van der Waals surface area contributed by atoms with Crippen molar-refractivity contribution in [2.45, 2.75) is 45.4 Å². The van der Waals surface area contributed by atoms with Crippen molar-refractivity contribution in [3.05, 3.63) is 11.1 Å². The summed E-state index contributed by atoms with van der Waals surface area (Å²) in [4.78, 5) is 12.6. The summed E-state index contributed by atoms with van der Waals surface area (Å²) in [7, 11) is -1.74. The van der Waals surface area contributed by atoms with E-state index in [0.29, 0.717) is 29.2 Å². The lowest BCUT2D eigenvalue weighted by atomic mass is 10.2. The molecule has 0 atom stereocenters. The van der Waals surface area contributed by atoms with E-state index in [9.17, 15) is 0 Å². The molecule has 0 saturated carbocycles. The molecule has 2 heterocycles. The van der Waals surface area contributed by atoms with Crippen molar-refractivity contribution >= 4 is 41.2 Å². The van der Waals surface area contributed by atoms with Gasteiger partial charge in [-0.15, -0.1) is 0 Å². The first-order chi connectivity index (χ1) is 9.63. The van der Waals surface area contributed by atoms with E-state index >= 15 is 0 Å². The number of nitrogen functional groups attached to an aromatic ring is 1. The molecule has 0 radical (unpaired) electrons. The van der Waals surface area contributed by atoms with Gasteiger partial charge in [0.05, 0.1) is 6.61 Å². The molecule has 0 aliphatic heterocycles. The Hall–Kier alpha value is -0.993. The minimum atomic E-state index is -1.74. The minimum absolute atomic E-state index is 0.202. The maximum atomic E-state index is 6.20. The number of rotatable bonds is 4. The van der Waals surface area contributed by atoms with Crippen LogP contribution < -0.4 is 5.73 Å². The van der Waals surface area contributed by atoms with Crippen LogP contribution in [0.1, 0.15) is 20.8 Å². The SMILES string of the molecule is CC(C)(C)[Si](C)(C)OCCn1c(Br)nc2c(N)ncnc21. The van der Waals surface area contributed by atoms with Crippen molar-refractivity contribution in [3.63, 3.8) is 0 Å². The first-order valence-corrected chi connectivity index (χ1v) is 10.6. The fraction of sp³-hybridized carbons (Fsp3) is 0.615. The number of aromatic nitrogens is 4. The van der Waals surface area contributed by atoms with E-state index in [-0.39, 0.29) is 5.04 Å². The van der Waals surface area contributed by atoms with Crippen LogP contribution in [0, 0.1) is 0 Å². The second-order valence-corrected chi connectivity index (χ2v) is 12.1. The summed E-state index contributed by atoms with van der Waals surface area (Å²) < 4.78 is 8.85. The number of nitrogens with zero attached hydrogens (tertiary/aromatic N) is 4. The molecule has 0 aromatic carbocycles. The second kappa shape index (κ2) is 5.66. The Morgan fingerprint density at radius 3 is 2.62 bits per heavy atom. The maximum Gasteiger partial charge on any atom is 0.192 e. The number of anilines is 1. The van der Waals surface area contributed by atoms with Gasteiger partial charge in [0.1, 0.15) is 6.33 Å². The summed E-state index contributed by atoms with van der Waals surface area (Å²) in [5.41, 5.74) is 7.17. The largest absolute Gasteiger partial charge is 0.415 e. The number of hydrogen-bond acceptors (Lipinski definition) is 5. The predicted molar refractivity (Wildman–Crippen MR) is 90.6 cm³/mol. The summed E-state index contributed by atoms with van der Waals surface area (Å²) in [5.74, 6) is 0.393. The lowest BCUT2D eigenvalue weighted by Crippen LogP contribution is -2.41. The number of fused-ring (bicyclic) bond motifs is 1. The zero-order chi connectivity index (χ0) is 15.8. The van der Waals surface area contributed by atoms with Gasteiger partial charge in [0.25, 0.3) is 0 Å². The van der Waals surface area contributed by atoms with Gasteiger partial charge in [-0.1, -0.05) is 20.8 Å². The molecule has 2 N–H and O–H groups in total. The van der Waals surface area contributed by atoms with Crippen LogP contribution >= 0.6 is 15.9 Å². The topological polar surface area (TPSA) is 78.9 Å². The molecule has 0 unspecified atom stereocenters. The standard InChI is InChI=1S/C13H22BrN5OSi/c1-13(2,3)21(4,5)20-7-6-19-11-9(18-12(19)14)10(15)16-8-17-11/h8H,6-7H2,1-5H3,(H2,15,16,17). The van der Waals surface area contributed by atoms with Crippen LogP contribution in [0.5, 0.6) is 0 Å². The molecule has 0 aliphatic rings. The summed E-state index contributed by atoms with van der Waals surface area (Å²) in [6.45, 7) is 12.5. The lowest BCUT2D eigenvalue weighted by molar-refractivity contribution is 0.272. The Bertz CT molecular complexity index is 650. The van der Waals surface area contributed by atoms with Crippen molar-refractivity contribution in [2.24, 2.45) is 0 Å². The smallest absolute Gasteiger partial charge is 0.192 e. The zero-order valence-electron chi connectivity index (χ0n) is 13.1. The van der Waals surface area contributed by atoms with Crippen molar-refractivity contribution in [3.8, 4) is 0 Å². The Morgan fingerprint density at radius 1 is 1.33 bits per heavy atom. The molecule has 6 nitrogen and oxygen atoms in total. The summed E-state index contributed by atoms with van der Waals surface area (Å²) in [6.07, 6.45) is 1.46. The lowest BCUT2D eigenvalue weighted by Gasteiger charge is -2.36. The third kappa shape index (κ3) is 3.27. The fourth-order valence-electron chi connectivity index (χ4n) is 1.73. The van der Waals surface area contributed by atoms with Crippen LogP contribution in [0.4, 0.5) is 5.82 Å². The van der Waals surface area contributed by atoms with E-state index in [1.807, 2.05) is 4.57 Å². The van der Waals surface area contributed by atoms with Gasteiger partial charge in [0.2, 0.25) is 0 Å². The molecule has 2 aromatic rings. The van der Waals surface area contributed by atoms with Gasteiger partial charge in [-0.25, -0.2) is 15.0 Å². The van der Waals surface area contributed by atoms with Gasteiger partial charge in [-0.3, -0.25) is 0 Å². The second-order valence-electron chi connectivity index (χ2n) is 6.57. The van der Waals surface area contributed by atoms with Crippen LogP contribution in [0.15, 0.2) is 11.1 Å². The highest BCUT2D eigenvalue weighted by molar-refractivity contribution is 9.10. The average molecular weight is 372 g/mol.